The summed E-state index contributed by atoms with van der Waals surface area (Å²) in [6, 6.07) is 13.0. The number of thioether (sulfide) groups is 1. The molecule has 8 nitrogen and oxygen atoms in total. The second-order valence-electron chi connectivity index (χ2n) is 6.22. The number of nitrogens with one attached hydrogen (secondary N) is 1. The van der Waals surface area contributed by atoms with E-state index < -0.39 is 0 Å². The highest BCUT2D eigenvalue weighted by Gasteiger charge is 2.13. The standard InChI is InChI=1S/C19H18ClN5O3S/c20-14-2-4-15(5-3-14)25-19(22-23-24-25)29-12-18(26)21-8-7-13-1-6-16-17(11-13)28-10-9-27-16/h1-6,11H,7-10,12H2,(H,21,26). The SMILES string of the molecule is O=C(CSc1nnnn1-c1ccc(Cl)cc1)NCCc1ccc2c(c1)OCCO2. The lowest BCUT2D eigenvalue weighted by Gasteiger charge is -2.18. The lowest BCUT2D eigenvalue weighted by Crippen LogP contribution is -2.27. The van der Waals surface area contributed by atoms with Gasteiger partial charge in [0.2, 0.25) is 11.1 Å². The van der Waals surface area contributed by atoms with Crippen LogP contribution in [-0.2, 0) is 11.2 Å². The summed E-state index contributed by atoms with van der Waals surface area (Å²) in [5, 5.41) is 15.7. The van der Waals surface area contributed by atoms with E-state index in [1.54, 1.807) is 16.8 Å². The zero-order valence-corrected chi connectivity index (χ0v) is 16.9. The van der Waals surface area contributed by atoms with E-state index >= 15 is 0 Å². The second-order valence-corrected chi connectivity index (χ2v) is 7.60. The summed E-state index contributed by atoms with van der Waals surface area (Å²) >= 11 is 7.18. The molecule has 0 bridgehead atoms. The summed E-state index contributed by atoms with van der Waals surface area (Å²) in [5.74, 6) is 1.65. The zero-order valence-electron chi connectivity index (χ0n) is 15.4. The molecule has 3 aromatic rings. The summed E-state index contributed by atoms with van der Waals surface area (Å²) in [6.45, 7) is 1.66. The number of hydrogen-bond donors (Lipinski definition) is 1. The molecule has 0 atom stereocenters. The molecule has 0 aliphatic carbocycles. The van der Waals surface area contributed by atoms with Gasteiger partial charge in [-0.1, -0.05) is 29.4 Å². The fraction of sp³-hybridized carbons (Fsp3) is 0.263. The normalized spacial score (nSPS) is 12.6. The van der Waals surface area contributed by atoms with Crippen molar-refractivity contribution in [2.24, 2.45) is 0 Å². The van der Waals surface area contributed by atoms with Crippen molar-refractivity contribution < 1.29 is 14.3 Å². The van der Waals surface area contributed by atoms with Gasteiger partial charge in [0, 0.05) is 11.6 Å². The Morgan fingerprint density at radius 2 is 1.93 bits per heavy atom. The van der Waals surface area contributed by atoms with Crippen LogP contribution < -0.4 is 14.8 Å². The van der Waals surface area contributed by atoms with Gasteiger partial charge >= 0.3 is 0 Å². The van der Waals surface area contributed by atoms with Gasteiger partial charge in [0.15, 0.2) is 11.5 Å². The minimum Gasteiger partial charge on any atom is -0.486 e. The molecule has 1 aliphatic rings. The molecular weight excluding hydrogens is 414 g/mol. The highest BCUT2D eigenvalue weighted by molar-refractivity contribution is 7.99. The average molecular weight is 432 g/mol. The fourth-order valence-electron chi connectivity index (χ4n) is 2.78. The molecule has 0 saturated heterocycles. The van der Waals surface area contributed by atoms with Crippen LogP contribution in [0.25, 0.3) is 5.69 Å². The third-order valence-electron chi connectivity index (χ3n) is 4.19. The molecule has 1 aromatic heterocycles. The number of rotatable bonds is 7. The number of fused-ring (bicyclic) bond motifs is 1. The first-order valence-electron chi connectivity index (χ1n) is 9.01. The number of halogens is 1. The molecule has 0 fully saturated rings. The van der Waals surface area contributed by atoms with Gasteiger partial charge in [-0.05, 0) is 58.8 Å². The average Bonchev–Trinajstić information content (AvgIpc) is 3.21. The highest BCUT2D eigenvalue weighted by Crippen LogP contribution is 2.30. The third-order valence-corrected chi connectivity index (χ3v) is 5.36. The molecule has 2 aromatic carbocycles. The van der Waals surface area contributed by atoms with Crippen LogP contribution in [0, 0.1) is 0 Å². The van der Waals surface area contributed by atoms with E-state index in [4.69, 9.17) is 21.1 Å². The molecule has 150 valence electrons. The number of hydrogen-bond acceptors (Lipinski definition) is 7. The van der Waals surface area contributed by atoms with Crippen molar-refractivity contribution in [1.29, 1.82) is 0 Å². The smallest absolute Gasteiger partial charge is 0.230 e. The quantitative estimate of drug-likeness (QED) is 0.575. The highest BCUT2D eigenvalue weighted by atomic mass is 35.5. The van der Waals surface area contributed by atoms with Gasteiger partial charge in [0.1, 0.15) is 13.2 Å². The van der Waals surface area contributed by atoms with Crippen molar-refractivity contribution in [2.75, 3.05) is 25.5 Å². The van der Waals surface area contributed by atoms with Gasteiger partial charge in [-0.3, -0.25) is 4.79 Å². The Kier molecular flexibility index (Phi) is 6.16. The molecule has 29 heavy (non-hydrogen) atoms. The van der Waals surface area contributed by atoms with Crippen LogP contribution in [0.2, 0.25) is 5.02 Å². The van der Waals surface area contributed by atoms with Crippen molar-refractivity contribution in [3.63, 3.8) is 0 Å². The summed E-state index contributed by atoms with van der Waals surface area (Å²) in [5.41, 5.74) is 1.86. The lowest BCUT2D eigenvalue weighted by molar-refractivity contribution is -0.118. The number of aromatic nitrogens is 4. The Labute approximate surface area is 176 Å². The van der Waals surface area contributed by atoms with Crippen LogP contribution in [0.1, 0.15) is 5.56 Å². The Hall–Kier alpha value is -2.78. The minimum absolute atomic E-state index is 0.0850. The predicted octanol–water partition coefficient (Wildman–Crippen LogP) is 2.54. The monoisotopic (exact) mass is 431 g/mol. The van der Waals surface area contributed by atoms with E-state index in [-0.39, 0.29) is 11.7 Å². The predicted molar refractivity (Wildman–Crippen MR) is 109 cm³/mol. The summed E-state index contributed by atoms with van der Waals surface area (Å²) in [4.78, 5) is 12.2. The zero-order chi connectivity index (χ0) is 20.1. The first-order valence-corrected chi connectivity index (χ1v) is 10.4. The van der Waals surface area contributed by atoms with Crippen LogP contribution >= 0.6 is 23.4 Å². The van der Waals surface area contributed by atoms with Gasteiger partial charge in [-0.2, -0.15) is 4.68 Å². The lowest BCUT2D eigenvalue weighted by atomic mass is 10.1. The van der Waals surface area contributed by atoms with Gasteiger partial charge in [-0.15, -0.1) is 5.10 Å². The van der Waals surface area contributed by atoms with Gasteiger partial charge in [-0.25, -0.2) is 0 Å². The van der Waals surface area contributed by atoms with Crippen molar-refractivity contribution >= 4 is 29.3 Å². The number of nitrogens with zero attached hydrogens (tertiary/aromatic N) is 4. The molecular formula is C19H18ClN5O3S. The molecule has 0 spiro atoms. The van der Waals surface area contributed by atoms with E-state index in [1.807, 2.05) is 30.3 Å². The fourth-order valence-corrected chi connectivity index (χ4v) is 3.63. The number of benzene rings is 2. The van der Waals surface area contributed by atoms with Crippen LogP contribution in [0.5, 0.6) is 11.5 Å². The van der Waals surface area contributed by atoms with Gasteiger partial charge < -0.3 is 14.8 Å². The number of amides is 1. The summed E-state index contributed by atoms with van der Waals surface area (Å²) in [6.07, 6.45) is 0.704. The van der Waals surface area contributed by atoms with Crippen molar-refractivity contribution in [3.05, 3.63) is 53.1 Å². The molecule has 10 heteroatoms. The Bertz CT molecular complexity index is 996. The summed E-state index contributed by atoms with van der Waals surface area (Å²) in [7, 11) is 0. The van der Waals surface area contributed by atoms with E-state index in [1.165, 1.54) is 11.8 Å². The maximum atomic E-state index is 12.2. The summed E-state index contributed by atoms with van der Waals surface area (Å²) < 4.78 is 12.7. The largest absolute Gasteiger partial charge is 0.486 e. The Balaban J connectivity index is 1.26. The molecule has 1 N–H and O–H groups in total. The van der Waals surface area contributed by atoms with Crippen molar-refractivity contribution in [1.82, 2.24) is 25.5 Å². The molecule has 1 amide bonds. The molecule has 0 saturated carbocycles. The van der Waals surface area contributed by atoms with E-state index in [9.17, 15) is 4.79 Å². The van der Waals surface area contributed by atoms with Crippen molar-refractivity contribution in [3.8, 4) is 17.2 Å². The van der Waals surface area contributed by atoms with E-state index in [2.05, 4.69) is 20.8 Å². The first kappa shape index (κ1) is 19.5. The second kappa shape index (κ2) is 9.15. The molecule has 0 unspecified atom stereocenters. The van der Waals surface area contributed by atoms with E-state index in [0.717, 1.165) is 22.7 Å². The number of carbonyl (C=O) groups excluding carboxylic acids is 1. The molecule has 2 heterocycles. The maximum Gasteiger partial charge on any atom is 0.230 e. The number of tetrazole rings is 1. The van der Waals surface area contributed by atoms with Gasteiger partial charge in [0.05, 0.1) is 11.4 Å². The van der Waals surface area contributed by atoms with Crippen molar-refractivity contribution in [2.45, 2.75) is 11.6 Å². The third kappa shape index (κ3) is 4.99. The molecule has 1 aliphatic heterocycles. The minimum atomic E-state index is -0.0850. The molecule has 4 rings (SSSR count). The number of ether oxygens (including phenoxy) is 2. The van der Waals surface area contributed by atoms with Gasteiger partial charge in [0.25, 0.3) is 0 Å². The Morgan fingerprint density at radius 3 is 2.76 bits per heavy atom. The Morgan fingerprint density at radius 1 is 1.14 bits per heavy atom. The maximum absolute atomic E-state index is 12.2. The van der Waals surface area contributed by atoms with Crippen LogP contribution in [0.15, 0.2) is 47.6 Å². The number of carbonyl (C=O) groups is 1. The topological polar surface area (TPSA) is 91.2 Å². The van der Waals surface area contributed by atoms with Crippen LogP contribution in [-0.4, -0.2) is 51.6 Å². The molecule has 0 radical (unpaired) electrons. The first-order chi connectivity index (χ1) is 14.2. The van der Waals surface area contributed by atoms with Crippen LogP contribution in [0.3, 0.4) is 0 Å². The van der Waals surface area contributed by atoms with E-state index in [0.29, 0.717) is 36.4 Å². The van der Waals surface area contributed by atoms with Crippen LogP contribution in [0.4, 0.5) is 0 Å².